The van der Waals surface area contributed by atoms with Crippen molar-refractivity contribution in [2.24, 2.45) is 0 Å². The number of rotatable bonds is 2. The first-order valence-electron chi connectivity index (χ1n) is 8.57. The van der Waals surface area contributed by atoms with Gasteiger partial charge in [0.05, 0.1) is 16.6 Å². The third-order valence-corrected chi connectivity index (χ3v) is 4.10. The Hall–Kier alpha value is -3.95. The van der Waals surface area contributed by atoms with E-state index in [0.29, 0.717) is 5.56 Å². The highest BCUT2D eigenvalue weighted by atomic mass is 19.4. The molecule has 0 aliphatic rings. The smallest absolute Gasteiger partial charge is 0.475 e. The first-order chi connectivity index (χ1) is 14.2. The Balaban J connectivity index is 0.000000318. The maximum atomic E-state index is 11.8. The number of alkyl halides is 3. The third kappa shape index (κ3) is 4.37. The molecule has 0 radical (unpaired) electrons. The zero-order chi connectivity index (χ0) is 21.9. The van der Waals surface area contributed by atoms with Crippen molar-refractivity contribution in [3.8, 4) is 11.4 Å². The number of aliphatic carboxylic acids is 1. The summed E-state index contributed by atoms with van der Waals surface area (Å²) in [5.41, 5.74) is 4.10. The number of amides is 1. The number of hydrogen-bond donors (Lipinski definition) is 3. The molecule has 4 aromatic rings. The Morgan fingerprint density at radius 3 is 2.47 bits per heavy atom. The van der Waals surface area contributed by atoms with Crippen LogP contribution in [0.25, 0.3) is 33.3 Å². The number of fused-ring (bicyclic) bond motifs is 2. The molecule has 154 valence electrons. The van der Waals surface area contributed by atoms with Crippen LogP contribution in [0.15, 0.2) is 54.7 Å². The van der Waals surface area contributed by atoms with Crippen molar-refractivity contribution in [1.82, 2.24) is 20.3 Å². The fourth-order valence-corrected chi connectivity index (χ4v) is 2.72. The van der Waals surface area contributed by atoms with Crippen LogP contribution < -0.4 is 5.32 Å². The molecule has 2 aromatic heterocycles. The summed E-state index contributed by atoms with van der Waals surface area (Å²) in [5.74, 6) is -2.12. The minimum Gasteiger partial charge on any atom is -0.475 e. The highest BCUT2D eigenvalue weighted by Crippen LogP contribution is 2.27. The predicted octanol–water partition coefficient (Wildman–Crippen LogP) is 3.77. The van der Waals surface area contributed by atoms with Gasteiger partial charge in [-0.3, -0.25) is 9.78 Å². The van der Waals surface area contributed by atoms with Gasteiger partial charge >= 0.3 is 12.1 Å². The second-order valence-corrected chi connectivity index (χ2v) is 6.08. The van der Waals surface area contributed by atoms with Crippen LogP contribution in [0.1, 0.15) is 10.4 Å². The van der Waals surface area contributed by atoms with Gasteiger partial charge in [-0.05, 0) is 30.3 Å². The van der Waals surface area contributed by atoms with Gasteiger partial charge in [-0.1, -0.05) is 18.2 Å². The van der Waals surface area contributed by atoms with Gasteiger partial charge in [0.15, 0.2) is 0 Å². The standard InChI is InChI=1S/C18H14N4O.C2HF3O2/c1-19-18(23)12-7-8-14-15(10-12)22-17(21-14)13-6-2-4-11-5-3-9-20-16(11)13;3-2(4,5)1(6)7/h2-10H,1H3,(H,19,23)(H,21,22);(H,6,7). The number of pyridine rings is 1. The lowest BCUT2D eigenvalue weighted by Crippen LogP contribution is -2.21. The van der Waals surface area contributed by atoms with Crippen molar-refractivity contribution in [1.29, 1.82) is 0 Å². The summed E-state index contributed by atoms with van der Waals surface area (Å²) >= 11 is 0. The molecule has 3 N–H and O–H groups in total. The maximum absolute atomic E-state index is 11.8. The highest BCUT2D eigenvalue weighted by Gasteiger charge is 2.38. The maximum Gasteiger partial charge on any atom is 0.490 e. The summed E-state index contributed by atoms with van der Waals surface area (Å²) in [5, 5.41) is 10.8. The fraction of sp³-hybridized carbons (Fsp3) is 0.100. The number of imidazole rings is 1. The number of nitrogens with one attached hydrogen (secondary N) is 2. The van der Waals surface area contributed by atoms with E-state index < -0.39 is 12.1 Å². The molecule has 2 aromatic carbocycles. The molecule has 0 aliphatic heterocycles. The summed E-state index contributed by atoms with van der Waals surface area (Å²) in [6.45, 7) is 0. The molecule has 10 heteroatoms. The van der Waals surface area contributed by atoms with E-state index in [-0.39, 0.29) is 5.91 Å². The number of carbonyl (C=O) groups is 2. The monoisotopic (exact) mass is 416 g/mol. The summed E-state index contributed by atoms with van der Waals surface area (Å²) in [6, 6.07) is 15.4. The van der Waals surface area contributed by atoms with Crippen LogP contribution in [-0.2, 0) is 4.79 Å². The SMILES string of the molecule is CNC(=O)c1ccc2nc(-c3cccc4cccnc34)[nH]c2c1.O=C(O)C(F)(F)F. The number of nitrogens with zero attached hydrogens (tertiary/aromatic N) is 2. The molecule has 4 rings (SSSR count). The van der Waals surface area contributed by atoms with Gasteiger partial charge in [0.1, 0.15) is 5.82 Å². The average molecular weight is 416 g/mol. The Labute approximate surface area is 167 Å². The van der Waals surface area contributed by atoms with Crippen molar-refractivity contribution >= 4 is 33.8 Å². The van der Waals surface area contributed by atoms with Crippen LogP contribution in [0, 0.1) is 0 Å². The van der Waals surface area contributed by atoms with Crippen molar-refractivity contribution in [3.05, 3.63) is 60.3 Å². The number of aromatic nitrogens is 3. The van der Waals surface area contributed by atoms with Crippen LogP contribution >= 0.6 is 0 Å². The molecule has 7 nitrogen and oxygen atoms in total. The number of H-pyrrole nitrogens is 1. The van der Waals surface area contributed by atoms with Gasteiger partial charge in [0.2, 0.25) is 0 Å². The number of benzene rings is 2. The normalized spacial score (nSPS) is 11.1. The summed E-state index contributed by atoms with van der Waals surface area (Å²) in [6.07, 6.45) is -3.31. The number of carboxylic acids is 1. The first-order valence-corrected chi connectivity index (χ1v) is 8.57. The fourth-order valence-electron chi connectivity index (χ4n) is 2.72. The van der Waals surface area contributed by atoms with Crippen LogP contribution in [-0.4, -0.2) is 45.2 Å². The minimum absolute atomic E-state index is 0.116. The average Bonchev–Trinajstić information content (AvgIpc) is 3.15. The van der Waals surface area contributed by atoms with Crippen LogP contribution in [0.5, 0.6) is 0 Å². The second-order valence-electron chi connectivity index (χ2n) is 6.08. The first kappa shape index (κ1) is 20.8. The van der Waals surface area contributed by atoms with Gasteiger partial charge in [0, 0.05) is 29.8 Å². The van der Waals surface area contributed by atoms with Crippen molar-refractivity contribution in [3.63, 3.8) is 0 Å². The van der Waals surface area contributed by atoms with E-state index in [1.165, 1.54) is 0 Å². The Morgan fingerprint density at radius 1 is 1.10 bits per heavy atom. The van der Waals surface area contributed by atoms with E-state index in [1.807, 2.05) is 42.5 Å². The molecule has 0 saturated carbocycles. The van der Waals surface area contributed by atoms with Gasteiger partial charge in [-0.25, -0.2) is 9.78 Å². The zero-order valence-electron chi connectivity index (χ0n) is 15.5. The molecule has 30 heavy (non-hydrogen) atoms. The molecule has 0 aliphatic carbocycles. The predicted molar refractivity (Wildman–Crippen MR) is 104 cm³/mol. The van der Waals surface area contributed by atoms with Crippen molar-refractivity contribution < 1.29 is 27.9 Å². The lowest BCUT2D eigenvalue weighted by Gasteiger charge is -2.02. The molecule has 1 amide bonds. The minimum atomic E-state index is -5.08. The number of carbonyl (C=O) groups excluding carboxylic acids is 1. The summed E-state index contributed by atoms with van der Waals surface area (Å²) < 4.78 is 31.7. The molecule has 0 saturated heterocycles. The Morgan fingerprint density at radius 2 is 1.80 bits per heavy atom. The van der Waals surface area contributed by atoms with Gasteiger partial charge in [0.25, 0.3) is 5.91 Å². The number of halogens is 3. The molecule has 0 bridgehead atoms. The third-order valence-electron chi connectivity index (χ3n) is 4.10. The largest absolute Gasteiger partial charge is 0.490 e. The van der Waals surface area contributed by atoms with Gasteiger partial charge in [-0.2, -0.15) is 13.2 Å². The lowest BCUT2D eigenvalue weighted by molar-refractivity contribution is -0.192. The molecular formula is C20H15F3N4O3. The Kier molecular flexibility index (Phi) is 5.67. The van der Waals surface area contributed by atoms with E-state index in [9.17, 15) is 18.0 Å². The molecule has 2 heterocycles. The summed E-state index contributed by atoms with van der Waals surface area (Å²) in [4.78, 5) is 33.0. The number of para-hydroxylation sites is 1. The number of aromatic amines is 1. The van der Waals surface area contributed by atoms with Gasteiger partial charge < -0.3 is 15.4 Å². The van der Waals surface area contributed by atoms with E-state index in [0.717, 1.165) is 33.3 Å². The second kappa shape index (κ2) is 8.19. The molecule has 0 fully saturated rings. The number of carboxylic acid groups (broad SMARTS) is 1. The van der Waals surface area contributed by atoms with E-state index >= 15 is 0 Å². The van der Waals surface area contributed by atoms with E-state index in [4.69, 9.17) is 9.90 Å². The van der Waals surface area contributed by atoms with Crippen LogP contribution in [0.2, 0.25) is 0 Å². The Bertz CT molecular complexity index is 1230. The quantitative estimate of drug-likeness (QED) is 0.461. The molecule has 0 spiro atoms. The summed E-state index contributed by atoms with van der Waals surface area (Å²) in [7, 11) is 1.62. The van der Waals surface area contributed by atoms with Gasteiger partial charge in [-0.15, -0.1) is 0 Å². The van der Waals surface area contributed by atoms with E-state index in [2.05, 4.69) is 20.3 Å². The topological polar surface area (TPSA) is 108 Å². The number of hydrogen-bond acceptors (Lipinski definition) is 4. The van der Waals surface area contributed by atoms with Crippen molar-refractivity contribution in [2.45, 2.75) is 6.18 Å². The zero-order valence-corrected chi connectivity index (χ0v) is 15.5. The van der Waals surface area contributed by atoms with E-state index in [1.54, 1.807) is 19.3 Å². The van der Waals surface area contributed by atoms with Crippen LogP contribution in [0.4, 0.5) is 13.2 Å². The lowest BCUT2D eigenvalue weighted by atomic mass is 10.1. The molecular weight excluding hydrogens is 401 g/mol. The molecule has 0 atom stereocenters. The van der Waals surface area contributed by atoms with Crippen LogP contribution in [0.3, 0.4) is 0 Å². The highest BCUT2D eigenvalue weighted by molar-refractivity contribution is 5.98. The van der Waals surface area contributed by atoms with Crippen molar-refractivity contribution in [2.75, 3.05) is 7.05 Å². The molecule has 0 unspecified atom stereocenters.